The molecule has 0 fully saturated rings. The van der Waals surface area contributed by atoms with Gasteiger partial charge in [0.1, 0.15) is 10.8 Å². The molecular weight excluding hydrogens is 309 g/mol. The Bertz CT molecular complexity index is 601. The summed E-state index contributed by atoms with van der Waals surface area (Å²) in [7, 11) is 0. The largest absolute Gasteiger partial charge is 0.466 e. The maximum Gasteiger partial charge on any atom is 0.306 e. The van der Waals surface area contributed by atoms with E-state index in [-0.39, 0.29) is 11.8 Å². The molecule has 1 aromatic heterocycles. The molecule has 0 unspecified atom stereocenters. The van der Waals surface area contributed by atoms with Crippen LogP contribution in [-0.2, 0) is 21.7 Å². The zero-order valence-corrected chi connectivity index (χ0v) is 13.3. The Morgan fingerprint density at radius 2 is 2.33 bits per heavy atom. The molecule has 0 aliphatic rings. The van der Waals surface area contributed by atoms with Gasteiger partial charge in [-0.1, -0.05) is 6.07 Å². The van der Waals surface area contributed by atoms with Crippen molar-refractivity contribution < 1.29 is 13.9 Å². The lowest BCUT2D eigenvalue weighted by Gasteiger charge is -2.00. The van der Waals surface area contributed by atoms with Gasteiger partial charge in [0, 0.05) is 16.7 Å². The third-order valence-corrected chi connectivity index (χ3v) is 4.73. The lowest BCUT2D eigenvalue weighted by atomic mass is 10.2. The van der Waals surface area contributed by atoms with Gasteiger partial charge in [0.15, 0.2) is 0 Å². The van der Waals surface area contributed by atoms with Gasteiger partial charge in [0.05, 0.1) is 24.5 Å². The summed E-state index contributed by atoms with van der Waals surface area (Å²) in [6.07, 6.45) is 0.952. The molecule has 0 saturated carbocycles. The quantitative estimate of drug-likeness (QED) is 0.568. The van der Waals surface area contributed by atoms with E-state index in [4.69, 9.17) is 4.74 Å². The standard InChI is InChI=1S/C15H16FNO2S2/c1-2-19-15(18)7-6-12-9-21-14(17-12)10-20-13-5-3-4-11(16)8-13/h3-5,8-9H,2,6-7,10H2,1H3. The van der Waals surface area contributed by atoms with Gasteiger partial charge in [-0.3, -0.25) is 4.79 Å². The molecule has 0 saturated heterocycles. The molecule has 21 heavy (non-hydrogen) atoms. The van der Waals surface area contributed by atoms with Crippen LogP contribution in [0.15, 0.2) is 34.5 Å². The first kappa shape index (κ1) is 16.0. The Kier molecular flexibility index (Phi) is 6.20. The number of halogens is 1. The second-order valence-corrected chi connectivity index (χ2v) is 6.28. The number of carbonyl (C=O) groups excluding carboxylic acids is 1. The average molecular weight is 325 g/mol. The third-order valence-electron chi connectivity index (χ3n) is 2.65. The smallest absolute Gasteiger partial charge is 0.306 e. The van der Waals surface area contributed by atoms with Gasteiger partial charge in [-0.05, 0) is 25.1 Å². The highest BCUT2D eigenvalue weighted by Crippen LogP contribution is 2.25. The molecule has 6 heteroatoms. The van der Waals surface area contributed by atoms with E-state index in [2.05, 4.69) is 4.98 Å². The summed E-state index contributed by atoms with van der Waals surface area (Å²) in [5.74, 6) is 0.281. The van der Waals surface area contributed by atoms with Crippen LogP contribution in [0.1, 0.15) is 24.0 Å². The van der Waals surface area contributed by atoms with Crippen LogP contribution in [0.3, 0.4) is 0 Å². The zero-order chi connectivity index (χ0) is 15.1. The molecular formula is C15H16FNO2S2. The van der Waals surface area contributed by atoms with Crippen LogP contribution in [0.2, 0.25) is 0 Å². The van der Waals surface area contributed by atoms with Gasteiger partial charge >= 0.3 is 5.97 Å². The molecule has 0 aliphatic carbocycles. The number of ether oxygens (including phenoxy) is 1. The SMILES string of the molecule is CCOC(=O)CCc1csc(CSc2cccc(F)c2)n1. The highest BCUT2D eigenvalue weighted by Gasteiger charge is 2.07. The van der Waals surface area contributed by atoms with Gasteiger partial charge in [-0.15, -0.1) is 23.1 Å². The van der Waals surface area contributed by atoms with Gasteiger partial charge in [0.2, 0.25) is 0 Å². The number of rotatable bonds is 7. The predicted molar refractivity (Wildman–Crippen MR) is 83.0 cm³/mol. The molecule has 0 aliphatic heterocycles. The summed E-state index contributed by atoms with van der Waals surface area (Å²) in [5, 5.41) is 2.93. The molecule has 2 rings (SSSR count). The maximum absolute atomic E-state index is 13.1. The van der Waals surface area contributed by atoms with E-state index in [9.17, 15) is 9.18 Å². The first-order chi connectivity index (χ1) is 10.2. The third kappa shape index (κ3) is 5.47. The number of thioether (sulfide) groups is 1. The lowest BCUT2D eigenvalue weighted by Crippen LogP contribution is -2.05. The van der Waals surface area contributed by atoms with E-state index in [0.717, 1.165) is 15.6 Å². The molecule has 0 amide bonds. The van der Waals surface area contributed by atoms with Crippen molar-refractivity contribution in [2.24, 2.45) is 0 Å². The number of aromatic nitrogens is 1. The molecule has 3 nitrogen and oxygen atoms in total. The average Bonchev–Trinajstić information content (AvgIpc) is 2.91. The fraction of sp³-hybridized carbons (Fsp3) is 0.333. The number of hydrogen-bond donors (Lipinski definition) is 0. The van der Waals surface area contributed by atoms with Crippen LogP contribution in [0.4, 0.5) is 4.39 Å². The van der Waals surface area contributed by atoms with Crippen LogP contribution in [0, 0.1) is 5.82 Å². The van der Waals surface area contributed by atoms with Crippen LogP contribution in [0.5, 0.6) is 0 Å². The lowest BCUT2D eigenvalue weighted by molar-refractivity contribution is -0.143. The van der Waals surface area contributed by atoms with Crippen LogP contribution in [-0.4, -0.2) is 17.6 Å². The van der Waals surface area contributed by atoms with Crippen LogP contribution < -0.4 is 0 Å². The van der Waals surface area contributed by atoms with Crippen LogP contribution >= 0.6 is 23.1 Å². The summed E-state index contributed by atoms with van der Waals surface area (Å²) in [6.45, 7) is 2.20. The van der Waals surface area contributed by atoms with Gasteiger partial charge in [0.25, 0.3) is 0 Å². The molecule has 2 aromatic rings. The fourth-order valence-electron chi connectivity index (χ4n) is 1.70. The Balaban J connectivity index is 1.81. The number of benzene rings is 1. The Labute approximate surface area is 131 Å². The first-order valence-corrected chi connectivity index (χ1v) is 8.51. The monoisotopic (exact) mass is 325 g/mol. The molecule has 0 N–H and O–H groups in total. The van der Waals surface area contributed by atoms with Gasteiger partial charge in [-0.25, -0.2) is 9.37 Å². The van der Waals surface area contributed by atoms with Crippen molar-refractivity contribution in [3.63, 3.8) is 0 Å². The number of esters is 1. The van der Waals surface area contributed by atoms with Crippen molar-refractivity contribution in [3.8, 4) is 0 Å². The Hall–Kier alpha value is -1.40. The van der Waals surface area contributed by atoms with E-state index >= 15 is 0 Å². The highest BCUT2D eigenvalue weighted by atomic mass is 32.2. The molecule has 1 aromatic carbocycles. The number of thiazole rings is 1. The second-order valence-electron chi connectivity index (χ2n) is 4.28. The minimum Gasteiger partial charge on any atom is -0.466 e. The number of hydrogen-bond acceptors (Lipinski definition) is 5. The molecule has 0 bridgehead atoms. The summed E-state index contributed by atoms with van der Waals surface area (Å²) in [6, 6.07) is 6.52. The van der Waals surface area contributed by atoms with Crippen LogP contribution in [0.25, 0.3) is 0 Å². The summed E-state index contributed by atoms with van der Waals surface area (Å²) in [4.78, 5) is 16.6. The summed E-state index contributed by atoms with van der Waals surface area (Å²) >= 11 is 3.11. The van der Waals surface area contributed by atoms with E-state index in [0.29, 0.717) is 25.2 Å². The van der Waals surface area contributed by atoms with Crippen molar-refractivity contribution in [3.05, 3.63) is 46.2 Å². The van der Waals surface area contributed by atoms with E-state index in [1.807, 2.05) is 11.4 Å². The van der Waals surface area contributed by atoms with E-state index in [1.54, 1.807) is 36.1 Å². The fourth-order valence-corrected chi connectivity index (χ4v) is 3.48. The summed E-state index contributed by atoms with van der Waals surface area (Å²) < 4.78 is 17.9. The van der Waals surface area contributed by atoms with Crippen molar-refractivity contribution in [2.75, 3.05) is 6.61 Å². The molecule has 112 valence electrons. The number of nitrogens with zero attached hydrogens (tertiary/aromatic N) is 1. The van der Waals surface area contributed by atoms with Crippen molar-refractivity contribution in [1.29, 1.82) is 0 Å². The number of carbonyl (C=O) groups is 1. The number of aryl methyl sites for hydroxylation is 1. The Morgan fingerprint density at radius 3 is 3.10 bits per heavy atom. The minimum absolute atomic E-state index is 0.193. The van der Waals surface area contributed by atoms with Crippen molar-refractivity contribution in [1.82, 2.24) is 4.98 Å². The summed E-state index contributed by atoms with van der Waals surface area (Å²) in [5.41, 5.74) is 0.905. The van der Waals surface area contributed by atoms with Crippen molar-refractivity contribution in [2.45, 2.75) is 30.4 Å². The first-order valence-electron chi connectivity index (χ1n) is 6.64. The topological polar surface area (TPSA) is 39.2 Å². The predicted octanol–water partition coefficient (Wildman–Crippen LogP) is 4.07. The van der Waals surface area contributed by atoms with Gasteiger partial charge < -0.3 is 4.74 Å². The molecule has 0 radical (unpaired) electrons. The normalized spacial score (nSPS) is 10.6. The molecule has 1 heterocycles. The van der Waals surface area contributed by atoms with E-state index < -0.39 is 0 Å². The molecule has 0 spiro atoms. The van der Waals surface area contributed by atoms with E-state index in [1.165, 1.54) is 12.1 Å². The maximum atomic E-state index is 13.1. The van der Waals surface area contributed by atoms with Gasteiger partial charge in [-0.2, -0.15) is 0 Å². The highest BCUT2D eigenvalue weighted by molar-refractivity contribution is 7.98. The zero-order valence-electron chi connectivity index (χ0n) is 11.7. The Morgan fingerprint density at radius 1 is 1.48 bits per heavy atom. The van der Waals surface area contributed by atoms with Crippen molar-refractivity contribution >= 4 is 29.1 Å². The minimum atomic E-state index is -0.228. The second kappa shape index (κ2) is 8.14. The molecule has 0 atom stereocenters.